The number of carboxylic acids is 2. The van der Waals surface area contributed by atoms with Crippen molar-refractivity contribution in [2.24, 2.45) is 0 Å². The molecule has 0 radical (unpaired) electrons. The van der Waals surface area contributed by atoms with Crippen LogP contribution in [-0.4, -0.2) is 52.6 Å². The maximum Gasteiger partial charge on any atom is 0.317 e. The number of amides is 1. The zero-order valence-electron chi connectivity index (χ0n) is 12.2. The Balaban J connectivity index is 2.10. The van der Waals surface area contributed by atoms with E-state index in [2.05, 4.69) is 5.32 Å². The Morgan fingerprint density at radius 3 is 2.13 bits per heavy atom. The fourth-order valence-corrected chi connectivity index (χ4v) is 2.28. The summed E-state index contributed by atoms with van der Waals surface area (Å²) >= 11 is 0. The van der Waals surface area contributed by atoms with Gasteiger partial charge in [-0.2, -0.15) is 0 Å². The molecule has 0 aliphatic rings. The molecule has 2 aromatic carbocycles. The van der Waals surface area contributed by atoms with Crippen molar-refractivity contribution < 1.29 is 24.6 Å². The Morgan fingerprint density at radius 2 is 1.48 bits per heavy atom. The van der Waals surface area contributed by atoms with E-state index in [9.17, 15) is 14.4 Å². The smallest absolute Gasteiger partial charge is 0.317 e. The van der Waals surface area contributed by atoms with Crippen LogP contribution in [0.15, 0.2) is 42.5 Å². The molecule has 0 fully saturated rings. The lowest BCUT2D eigenvalue weighted by molar-refractivity contribution is -0.142. The summed E-state index contributed by atoms with van der Waals surface area (Å²) in [7, 11) is 0. The molecule has 7 heteroatoms. The second-order valence-electron chi connectivity index (χ2n) is 5.01. The van der Waals surface area contributed by atoms with Crippen LogP contribution in [0.5, 0.6) is 0 Å². The number of nitrogens with zero attached hydrogens (tertiary/aromatic N) is 1. The molecule has 120 valence electrons. The molecule has 2 rings (SSSR count). The van der Waals surface area contributed by atoms with Crippen molar-refractivity contribution >= 4 is 34.3 Å². The number of carbonyl (C=O) groups is 3. The second-order valence-corrected chi connectivity index (χ2v) is 5.01. The first kappa shape index (κ1) is 16.4. The fourth-order valence-electron chi connectivity index (χ4n) is 2.28. The lowest BCUT2D eigenvalue weighted by Gasteiger charge is -2.17. The van der Waals surface area contributed by atoms with Crippen LogP contribution in [0.25, 0.3) is 10.8 Å². The Labute approximate surface area is 132 Å². The van der Waals surface area contributed by atoms with Gasteiger partial charge in [0.15, 0.2) is 0 Å². The highest BCUT2D eigenvalue weighted by Gasteiger charge is 2.17. The lowest BCUT2D eigenvalue weighted by Crippen LogP contribution is -2.40. The number of anilines is 1. The van der Waals surface area contributed by atoms with Crippen LogP contribution in [0.1, 0.15) is 0 Å². The van der Waals surface area contributed by atoms with Crippen LogP contribution in [0, 0.1) is 0 Å². The van der Waals surface area contributed by atoms with E-state index in [4.69, 9.17) is 10.2 Å². The number of carboxylic acid groups (broad SMARTS) is 2. The molecule has 0 aromatic heterocycles. The van der Waals surface area contributed by atoms with Gasteiger partial charge in [-0.15, -0.1) is 0 Å². The molecule has 0 saturated heterocycles. The van der Waals surface area contributed by atoms with Crippen molar-refractivity contribution in [1.29, 1.82) is 0 Å². The van der Waals surface area contributed by atoms with Gasteiger partial charge in [0.05, 0.1) is 19.6 Å². The number of rotatable bonds is 7. The van der Waals surface area contributed by atoms with Gasteiger partial charge in [0.2, 0.25) is 5.91 Å². The van der Waals surface area contributed by atoms with Gasteiger partial charge in [0.1, 0.15) is 0 Å². The first-order chi connectivity index (χ1) is 11.0. The van der Waals surface area contributed by atoms with E-state index in [1.54, 1.807) is 12.1 Å². The third kappa shape index (κ3) is 4.79. The number of hydrogen-bond donors (Lipinski definition) is 3. The van der Waals surface area contributed by atoms with Gasteiger partial charge in [0, 0.05) is 11.1 Å². The fraction of sp³-hybridized carbons (Fsp3) is 0.188. The SMILES string of the molecule is O=C(O)CN(CC(=O)O)CC(=O)Nc1cccc2ccccc12. The highest BCUT2D eigenvalue weighted by atomic mass is 16.4. The van der Waals surface area contributed by atoms with E-state index in [1.165, 1.54) is 0 Å². The third-order valence-corrected chi connectivity index (χ3v) is 3.15. The van der Waals surface area contributed by atoms with Crippen LogP contribution in [0.3, 0.4) is 0 Å². The highest BCUT2D eigenvalue weighted by Crippen LogP contribution is 2.22. The van der Waals surface area contributed by atoms with Crippen molar-refractivity contribution in [3.05, 3.63) is 42.5 Å². The zero-order chi connectivity index (χ0) is 16.8. The summed E-state index contributed by atoms with van der Waals surface area (Å²) in [4.78, 5) is 34.6. The molecule has 0 atom stereocenters. The minimum atomic E-state index is -1.19. The molecule has 2 aromatic rings. The number of aliphatic carboxylic acids is 2. The van der Waals surface area contributed by atoms with Gasteiger partial charge in [-0.25, -0.2) is 0 Å². The van der Waals surface area contributed by atoms with Crippen molar-refractivity contribution in [2.45, 2.75) is 0 Å². The van der Waals surface area contributed by atoms with Crippen LogP contribution in [0.2, 0.25) is 0 Å². The number of fused-ring (bicyclic) bond motifs is 1. The number of carbonyl (C=O) groups excluding carboxylic acids is 1. The zero-order valence-corrected chi connectivity index (χ0v) is 12.2. The van der Waals surface area contributed by atoms with E-state index in [0.29, 0.717) is 5.69 Å². The van der Waals surface area contributed by atoms with Crippen LogP contribution in [0.4, 0.5) is 5.69 Å². The maximum atomic E-state index is 12.1. The molecule has 23 heavy (non-hydrogen) atoms. The quantitative estimate of drug-likeness (QED) is 0.709. The normalized spacial score (nSPS) is 10.7. The summed E-state index contributed by atoms with van der Waals surface area (Å²) in [6, 6.07) is 12.9. The third-order valence-electron chi connectivity index (χ3n) is 3.15. The minimum Gasteiger partial charge on any atom is -0.480 e. The monoisotopic (exact) mass is 316 g/mol. The minimum absolute atomic E-state index is 0.318. The molecular weight excluding hydrogens is 300 g/mol. The average Bonchev–Trinajstić information content (AvgIpc) is 2.46. The van der Waals surface area contributed by atoms with E-state index >= 15 is 0 Å². The lowest BCUT2D eigenvalue weighted by atomic mass is 10.1. The molecule has 0 aliphatic heterocycles. The van der Waals surface area contributed by atoms with E-state index in [-0.39, 0.29) is 6.54 Å². The van der Waals surface area contributed by atoms with Gasteiger partial charge >= 0.3 is 11.9 Å². The molecule has 1 amide bonds. The first-order valence-electron chi connectivity index (χ1n) is 6.89. The van der Waals surface area contributed by atoms with Gasteiger partial charge in [-0.05, 0) is 11.5 Å². The molecule has 3 N–H and O–H groups in total. The van der Waals surface area contributed by atoms with Gasteiger partial charge < -0.3 is 15.5 Å². The maximum absolute atomic E-state index is 12.1. The molecule has 0 heterocycles. The first-order valence-corrected chi connectivity index (χ1v) is 6.89. The molecule has 7 nitrogen and oxygen atoms in total. The summed E-state index contributed by atoms with van der Waals surface area (Å²) in [5.74, 6) is -2.85. The van der Waals surface area contributed by atoms with E-state index < -0.39 is 30.9 Å². The predicted octanol–water partition coefficient (Wildman–Crippen LogP) is 1.25. The van der Waals surface area contributed by atoms with Gasteiger partial charge in [0.25, 0.3) is 0 Å². The topological polar surface area (TPSA) is 107 Å². The molecule has 0 bridgehead atoms. The Bertz CT molecular complexity index is 723. The van der Waals surface area contributed by atoms with Crippen LogP contribution in [-0.2, 0) is 14.4 Å². The standard InChI is InChI=1S/C16H16N2O5/c19-14(8-18(9-15(20)21)10-16(22)23)17-13-7-3-5-11-4-1-2-6-12(11)13/h1-7H,8-10H2,(H,17,19)(H,20,21)(H,22,23). The van der Waals surface area contributed by atoms with Crippen LogP contribution < -0.4 is 5.32 Å². The summed E-state index contributed by atoms with van der Waals surface area (Å²) in [6.07, 6.45) is 0. The van der Waals surface area contributed by atoms with Gasteiger partial charge in [-0.3, -0.25) is 19.3 Å². The van der Waals surface area contributed by atoms with E-state index in [1.807, 2.05) is 30.3 Å². The Hall–Kier alpha value is -2.93. The number of nitrogens with one attached hydrogen (secondary N) is 1. The van der Waals surface area contributed by atoms with E-state index in [0.717, 1.165) is 15.7 Å². The number of benzene rings is 2. The summed E-state index contributed by atoms with van der Waals surface area (Å²) in [6.45, 7) is -1.35. The van der Waals surface area contributed by atoms with Crippen molar-refractivity contribution in [3.8, 4) is 0 Å². The largest absolute Gasteiger partial charge is 0.480 e. The number of hydrogen-bond acceptors (Lipinski definition) is 4. The summed E-state index contributed by atoms with van der Waals surface area (Å²) < 4.78 is 0. The Morgan fingerprint density at radius 1 is 0.870 bits per heavy atom. The molecular formula is C16H16N2O5. The Kier molecular flexibility index (Phi) is 5.27. The average molecular weight is 316 g/mol. The predicted molar refractivity (Wildman–Crippen MR) is 84.3 cm³/mol. The molecule has 0 unspecified atom stereocenters. The second kappa shape index (κ2) is 7.37. The highest BCUT2D eigenvalue weighted by molar-refractivity contribution is 6.02. The van der Waals surface area contributed by atoms with Crippen molar-refractivity contribution in [1.82, 2.24) is 4.90 Å². The van der Waals surface area contributed by atoms with Crippen LogP contribution >= 0.6 is 0 Å². The summed E-state index contributed by atoms with van der Waals surface area (Å²) in [5, 5.41) is 22.1. The molecule has 0 aliphatic carbocycles. The molecule has 0 spiro atoms. The molecule has 0 saturated carbocycles. The van der Waals surface area contributed by atoms with Gasteiger partial charge in [-0.1, -0.05) is 36.4 Å². The van der Waals surface area contributed by atoms with Crippen molar-refractivity contribution in [2.75, 3.05) is 25.0 Å². The van der Waals surface area contributed by atoms with Crippen molar-refractivity contribution in [3.63, 3.8) is 0 Å². The summed E-state index contributed by atoms with van der Waals surface area (Å²) in [5.41, 5.74) is 0.596.